The van der Waals surface area contributed by atoms with Gasteiger partial charge in [0.2, 0.25) is 0 Å². The van der Waals surface area contributed by atoms with Gasteiger partial charge >= 0.3 is 0 Å². The smallest absolute Gasteiger partial charge is 0.291 e. The van der Waals surface area contributed by atoms with E-state index in [1.54, 1.807) is 36.4 Å². The van der Waals surface area contributed by atoms with Gasteiger partial charge in [-0.25, -0.2) is 0 Å². The first-order valence-electron chi connectivity index (χ1n) is 10.7. The van der Waals surface area contributed by atoms with Crippen molar-refractivity contribution in [2.24, 2.45) is 0 Å². The summed E-state index contributed by atoms with van der Waals surface area (Å²) >= 11 is 0. The van der Waals surface area contributed by atoms with Crippen LogP contribution in [0.25, 0.3) is 0 Å². The second-order valence-corrected chi connectivity index (χ2v) is 7.98. The molecule has 6 nitrogen and oxygen atoms in total. The number of carbonyl (C=O) groups excluding carboxylic acids is 2. The number of nitrogens with one attached hydrogen (secondary N) is 2. The van der Waals surface area contributed by atoms with Gasteiger partial charge in [0.15, 0.2) is 5.76 Å². The van der Waals surface area contributed by atoms with Crippen molar-refractivity contribution in [3.05, 3.63) is 83.8 Å². The van der Waals surface area contributed by atoms with E-state index in [0.717, 1.165) is 18.8 Å². The predicted octanol–water partition coefficient (Wildman–Crippen LogP) is 5.16. The minimum Gasteiger partial charge on any atom is -0.459 e. The Morgan fingerprint density at radius 1 is 0.968 bits per heavy atom. The van der Waals surface area contributed by atoms with E-state index in [4.69, 9.17) is 4.42 Å². The van der Waals surface area contributed by atoms with Gasteiger partial charge in [-0.15, -0.1) is 0 Å². The molecule has 0 radical (unpaired) electrons. The highest BCUT2D eigenvalue weighted by Crippen LogP contribution is 2.20. The van der Waals surface area contributed by atoms with Crippen molar-refractivity contribution in [1.29, 1.82) is 0 Å². The lowest BCUT2D eigenvalue weighted by Gasteiger charge is -2.33. The monoisotopic (exact) mass is 417 g/mol. The second-order valence-electron chi connectivity index (χ2n) is 7.98. The zero-order valence-electron chi connectivity index (χ0n) is 17.6. The van der Waals surface area contributed by atoms with Crippen molar-refractivity contribution >= 4 is 23.2 Å². The largest absolute Gasteiger partial charge is 0.459 e. The van der Waals surface area contributed by atoms with E-state index in [2.05, 4.69) is 34.6 Å². The molecule has 2 N–H and O–H groups in total. The van der Waals surface area contributed by atoms with Gasteiger partial charge in [0.25, 0.3) is 11.8 Å². The van der Waals surface area contributed by atoms with E-state index in [9.17, 15) is 9.59 Å². The first-order valence-corrected chi connectivity index (χ1v) is 10.7. The number of piperidine rings is 1. The number of likely N-dealkylation sites (tertiary alicyclic amines) is 1. The third-order valence-corrected chi connectivity index (χ3v) is 5.67. The van der Waals surface area contributed by atoms with E-state index >= 15 is 0 Å². The van der Waals surface area contributed by atoms with Crippen molar-refractivity contribution in [1.82, 2.24) is 4.90 Å². The molecule has 1 saturated heterocycles. The number of amides is 2. The summed E-state index contributed by atoms with van der Waals surface area (Å²) in [4.78, 5) is 27.3. The lowest BCUT2D eigenvalue weighted by molar-refractivity contribution is 0.0993. The van der Waals surface area contributed by atoms with Gasteiger partial charge in [-0.3, -0.25) is 14.5 Å². The number of rotatable bonds is 6. The number of carbonyl (C=O) groups is 2. The normalized spacial score (nSPS) is 16.6. The molecule has 1 unspecified atom stereocenters. The quantitative estimate of drug-likeness (QED) is 0.581. The van der Waals surface area contributed by atoms with Crippen LogP contribution in [0.4, 0.5) is 11.4 Å². The SMILES string of the molecule is CC1CCCCN1Cc1ccc(NC(=O)c2cccc(NC(=O)c3ccco3)c2)cc1. The number of hydrogen-bond acceptors (Lipinski definition) is 4. The maximum absolute atomic E-state index is 12.7. The Kier molecular flexibility index (Phi) is 6.48. The molecule has 6 heteroatoms. The summed E-state index contributed by atoms with van der Waals surface area (Å²) in [6, 6.07) is 18.7. The summed E-state index contributed by atoms with van der Waals surface area (Å²) < 4.78 is 5.09. The molecule has 1 fully saturated rings. The van der Waals surface area contributed by atoms with E-state index in [0.29, 0.717) is 17.3 Å². The summed E-state index contributed by atoms with van der Waals surface area (Å²) in [6.45, 7) is 4.37. The van der Waals surface area contributed by atoms with Crippen LogP contribution in [0.5, 0.6) is 0 Å². The van der Waals surface area contributed by atoms with Gasteiger partial charge in [0.1, 0.15) is 0 Å². The third-order valence-electron chi connectivity index (χ3n) is 5.67. The average Bonchev–Trinajstić information content (AvgIpc) is 3.32. The molecule has 1 atom stereocenters. The molecule has 2 amide bonds. The molecular weight excluding hydrogens is 390 g/mol. The summed E-state index contributed by atoms with van der Waals surface area (Å²) in [6.07, 6.45) is 5.28. The zero-order valence-corrected chi connectivity index (χ0v) is 17.6. The first kappa shape index (κ1) is 20.9. The minimum absolute atomic E-state index is 0.217. The molecule has 1 aliphatic rings. The number of anilines is 2. The number of benzene rings is 2. The number of furan rings is 1. The van der Waals surface area contributed by atoms with Gasteiger partial charge < -0.3 is 15.1 Å². The third kappa shape index (κ3) is 5.41. The maximum Gasteiger partial charge on any atom is 0.291 e. The molecule has 3 aromatic rings. The van der Waals surface area contributed by atoms with Crippen LogP contribution in [0, 0.1) is 0 Å². The summed E-state index contributed by atoms with van der Waals surface area (Å²) in [5.41, 5.74) is 2.98. The van der Waals surface area contributed by atoms with Crippen LogP contribution in [0.3, 0.4) is 0 Å². The Labute approximate surface area is 182 Å². The molecule has 0 bridgehead atoms. The van der Waals surface area contributed by atoms with Crippen LogP contribution in [0.15, 0.2) is 71.3 Å². The Balaban J connectivity index is 1.36. The molecule has 1 aromatic heterocycles. The molecule has 1 aliphatic heterocycles. The van der Waals surface area contributed by atoms with Crippen LogP contribution in [0.1, 0.15) is 52.7 Å². The second kappa shape index (κ2) is 9.62. The summed E-state index contributed by atoms with van der Waals surface area (Å²) in [5, 5.41) is 5.66. The Bertz CT molecular complexity index is 1030. The van der Waals surface area contributed by atoms with Crippen LogP contribution >= 0.6 is 0 Å². The molecule has 0 spiro atoms. The van der Waals surface area contributed by atoms with Crippen molar-refractivity contribution < 1.29 is 14.0 Å². The van der Waals surface area contributed by atoms with E-state index < -0.39 is 0 Å². The van der Waals surface area contributed by atoms with Gasteiger partial charge in [0.05, 0.1) is 6.26 Å². The molecule has 2 heterocycles. The highest BCUT2D eigenvalue weighted by Gasteiger charge is 2.18. The predicted molar refractivity (Wildman–Crippen MR) is 121 cm³/mol. The number of hydrogen-bond donors (Lipinski definition) is 2. The first-order chi connectivity index (χ1) is 15.1. The zero-order chi connectivity index (χ0) is 21.6. The van der Waals surface area contributed by atoms with Crippen LogP contribution in [-0.4, -0.2) is 29.3 Å². The van der Waals surface area contributed by atoms with Gasteiger partial charge in [-0.1, -0.05) is 24.6 Å². The fourth-order valence-corrected chi connectivity index (χ4v) is 3.86. The lowest BCUT2D eigenvalue weighted by atomic mass is 10.0. The van der Waals surface area contributed by atoms with E-state index in [-0.39, 0.29) is 17.6 Å². The van der Waals surface area contributed by atoms with E-state index in [1.807, 2.05) is 12.1 Å². The van der Waals surface area contributed by atoms with Crippen LogP contribution in [-0.2, 0) is 6.54 Å². The topological polar surface area (TPSA) is 74.6 Å². The highest BCUT2D eigenvalue weighted by molar-refractivity contribution is 6.06. The van der Waals surface area contributed by atoms with Crippen molar-refractivity contribution in [3.8, 4) is 0 Å². The van der Waals surface area contributed by atoms with Gasteiger partial charge in [0, 0.05) is 29.5 Å². The minimum atomic E-state index is -0.360. The Hall–Kier alpha value is -3.38. The summed E-state index contributed by atoms with van der Waals surface area (Å²) in [7, 11) is 0. The molecule has 0 saturated carbocycles. The van der Waals surface area contributed by atoms with Crippen LogP contribution < -0.4 is 10.6 Å². The Morgan fingerprint density at radius 3 is 2.52 bits per heavy atom. The maximum atomic E-state index is 12.7. The standard InChI is InChI=1S/C25H27N3O3/c1-18-6-2-3-14-28(18)17-19-10-12-21(13-11-19)26-24(29)20-7-4-8-22(16-20)27-25(30)23-9-5-15-31-23/h4-5,7-13,15-16,18H,2-3,6,14,17H2,1H3,(H,26,29)(H,27,30). The highest BCUT2D eigenvalue weighted by atomic mass is 16.3. The molecule has 0 aliphatic carbocycles. The van der Waals surface area contributed by atoms with Crippen molar-refractivity contribution in [3.63, 3.8) is 0 Å². The lowest BCUT2D eigenvalue weighted by Crippen LogP contribution is -2.36. The average molecular weight is 418 g/mol. The summed E-state index contributed by atoms with van der Waals surface area (Å²) in [5.74, 6) is -0.374. The molecule has 4 rings (SSSR count). The Morgan fingerprint density at radius 2 is 1.77 bits per heavy atom. The molecular formula is C25H27N3O3. The van der Waals surface area contributed by atoms with Gasteiger partial charge in [-0.2, -0.15) is 0 Å². The fraction of sp³-hybridized carbons (Fsp3) is 0.280. The van der Waals surface area contributed by atoms with E-state index in [1.165, 1.54) is 31.1 Å². The number of nitrogens with zero attached hydrogens (tertiary/aromatic N) is 1. The fourth-order valence-electron chi connectivity index (χ4n) is 3.86. The van der Waals surface area contributed by atoms with Gasteiger partial charge in [-0.05, 0) is 74.3 Å². The van der Waals surface area contributed by atoms with Crippen molar-refractivity contribution in [2.45, 2.75) is 38.8 Å². The molecule has 2 aromatic carbocycles. The molecule has 160 valence electrons. The van der Waals surface area contributed by atoms with Crippen LogP contribution in [0.2, 0.25) is 0 Å². The molecule has 31 heavy (non-hydrogen) atoms. The van der Waals surface area contributed by atoms with Crippen molar-refractivity contribution in [2.75, 3.05) is 17.2 Å².